The van der Waals surface area contributed by atoms with Crippen LogP contribution in [0.4, 0.5) is 0 Å². The monoisotopic (exact) mass is 756 g/mol. The highest BCUT2D eigenvalue weighted by Crippen LogP contribution is 2.36. The standard InChI is InChI=1S/C53H36N6/c1-3-17-42-40(4-2)43-32-44-41-26-11-13-28-46(41)58(48(44)33-49(43)59-47-29-14-12-27-45(47)54-53(42)59)39-25-16-23-37(31-39)36-22-15-24-38(30-36)52-56-50(34-18-7-5-8-19-34)55-51(57-52)35-20-9-6-10-21-35/h3-33H,1H2,2H3/b40-4+,42-17+. The van der Waals surface area contributed by atoms with Gasteiger partial charge in [0, 0.05) is 43.8 Å². The van der Waals surface area contributed by atoms with Crippen LogP contribution in [0.3, 0.4) is 0 Å². The molecule has 11 rings (SSSR count). The molecule has 0 aliphatic carbocycles. The molecule has 0 spiro atoms. The molecule has 0 amide bonds. The zero-order valence-electron chi connectivity index (χ0n) is 32.3. The summed E-state index contributed by atoms with van der Waals surface area (Å²) in [5, 5.41) is 5.76. The van der Waals surface area contributed by atoms with Crippen molar-refractivity contribution in [3.8, 4) is 51.0 Å². The number of para-hydroxylation sites is 3. The molecule has 0 atom stereocenters. The van der Waals surface area contributed by atoms with Gasteiger partial charge >= 0.3 is 0 Å². The van der Waals surface area contributed by atoms with Crippen molar-refractivity contribution in [2.45, 2.75) is 6.92 Å². The van der Waals surface area contributed by atoms with Gasteiger partial charge in [-0.05, 0) is 71.8 Å². The Kier molecular flexibility index (Phi) is 8.08. The van der Waals surface area contributed by atoms with E-state index in [4.69, 9.17) is 19.9 Å². The number of nitrogens with zero attached hydrogens (tertiary/aromatic N) is 6. The Balaban J connectivity index is 1.11. The SMILES string of the molecule is C=C/C=c1\c(=C/C)c2cc3c4ccccc4n(-c4cccc(-c5cccc(-c6nc(-c7ccccc7)nc(-c7ccccc7)n6)c5)c4)c3cc2n2c1nc1ccccc12. The summed E-state index contributed by atoms with van der Waals surface area (Å²) in [6, 6.07) is 59.2. The molecule has 7 aromatic carbocycles. The van der Waals surface area contributed by atoms with Crippen molar-refractivity contribution in [1.82, 2.24) is 28.9 Å². The van der Waals surface area contributed by atoms with Gasteiger partial charge in [-0.15, -0.1) is 0 Å². The molecule has 0 fully saturated rings. The third-order valence-corrected chi connectivity index (χ3v) is 11.2. The minimum atomic E-state index is 0.626. The van der Waals surface area contributed by atoms with E-state index >= 15 is 0 Å². The Morgan fingerprint density at radius 2 is 1.03 bits per heavy atom. The van der Waals surface area contributed by atoms with Crippen molar-refractivity contribution < 1.29 is 0 Å². The molecule has 0 bridgehead atoms. The molecular weight excluding hydrogens is 721 g/mol. The lowest BCUT2D eigenvalue weighted by atomic mass is 10.0. The number of hydrogen-bond donors (Lipinski definition) is 0. The molecule has 59 heavy (non-hydrogen) atoms. The van der Waals surface area contributed by atoms with Gasteiger partial charge in [-0.3, -0.25) is 4.40 Å². The molecule has 0 aliphatic heterocycles. The van der Waals surface area contributed by atoms with Gasteiger partial charge in [-0.25, -0.2) is 19.9 Å². The normalized spacial score (nSPS) is 12.4. The number of rotatable bonds is 6. The fourth-order valence-corrected chi connectivity index (χ4v) is 8.59. The topological polar surface area (TPSA) is 60.9 Å². The summed E-state index contributed by atoms with van der Waals surface area (Å²) in [6.45, 7) is 6.16. The van der Waals surface area contributed by atoms with Crippen LogP contribution in [0.25, 0.3) is 113 Å². The lowest BCUT2D eigenvalue weighted by Crippen LogP contribution is -2.28. The minimum absolute atomic E-state index is 0.626. The molecule has 0 radical (unpaired) electrons. The lowest BCUT2D eigenvalue weighted by molar-refractivity contribution is 1.07. The molecule has 0 unspecified atom stereocenters. The third kappa shape index (κ3) is 5.64. The molecule has 4 aromatic heterocycles. The number of benzene rings is 7. The molecule has 0 aliphatic rings. The molecule has 0 saturated heterocycles. The van der Waals surface area contributed by atoms with Gasteiger partial charge in [0.15, 0.2) is 17.5 Å². The first kappa shape index (κ1) is 34.3. The molecular formula is C53H36N6. The Labute approximate surface area is 340 Å². The van der Waals surface area contributed by atoms with Gasteiger partial charge in [0.1, 0.15) is 5.65 Å². The van der Waals surface area contributed by atoms with Crippen molar-refractivity contribution in [1.29, 1.82) is 0 Å². The van der Waals surface area contributed by atoms with Crippen molar-refractivity contribution in [2.24, 2.45) is 0 Å². The molecule has 0 saturated carbocycles. The zero-order valence-corrected chi connectivity index (χ0v) is 32.3. The summed E-state index contributed by atoms with van der Waals surface area (Å²) >= 11 is 0. The van der Waals surface area contributed by atoms with Crippen LogP contribution in [-0.2, 0) is 0 Å². The smallest absolute Gasteiger partial charge is 0.164 e. The van der Waals surface area contributed by atoms with Gasteiger partial charge in [0.05, 0.1) is 27.6 Å². The third-order valence-electron chi connectivity index (χ3n) is 11.2. The molecule has 11 aromatic rings. The van der Waals surface area contributed by atoms with Gasteiger partial charge in [0.25, 0.3) is 0 Å². The minimum Gasteiger partial charge on any atom is -0.309 e. The lowest BCUT2D eigenvalue weighted by Gasteiger charge is -2.13. The van der Waals surface area contributed by atoms with E-state index in [0.717, 1.165) is 77.2 Å². The van der Waals surface area contributed by atoms with Crippen LogP contribution in [0.2, 0.25) is 0 Å². The molecule has 278 valence electrons. The van der Waals surface area contributed by atoms with Gasteiger partial charge in [0.2, 0.25) is 0 Å². The van der Waals surface area contributed by atoms with Gasteiger partial charge < -0.3 is 4.57 Å². The van der Waals surface area contributed by atoms with Gasteiger partial charge in [-0.1, -0.05) is 146 Å². The number of hydrogen-bond acceptors (Lipinski definition) is 4. The Bertz CT molecular complexity index is 3520. The van der Waals surface area contributed by atoms with E-state index in [1.54, 1.807) is 0 Å². The highest BCUT2D eigenvalue weighted by Gasteiger charge is 2.18. The van der Waals surface area contributed by atoms with Gasteiger partial charge in [-0.2, -0.15) is 0 Å². The van der Waals surface area contributed by atoms with Crippen LogP contribution in [0.5, 0.6) is 0 Å². The highest BCUT2D eigenvalue weighted by molar-refractivity contribution is 6.14. The number of imidazole rings is 1. The van der Waals surface area contributed by atoms with Crippen LogP contribution in [0.15, 0.2) is 183 Å². The van der Waals surface area contributed by atoms with E-state index in [0.29, 0.717) is 17.5 Å². The van der Waals surface area contributed by atoms with Crippen molar-refractivity contribution in [3.05, 3.63) is 193 Å². The number of allylic oxidation sites excluding steroid dienone is 1. The van der Waals surface area contributed by atoms with E-state index in [1.165, 1.54) is 16.2 Å². The summed E-state index contributed by atoms with van der Waals surface area (Å²) in [6.07, 6.45) is 6.13. The fraction of sp³-hybridized carbons (Fsp3) is 0.0189. The van der Waals surface area contributed by atoms with Crippen LogP contribution in [0, 0.1) is 0 Å². The van der Waals surface area contributed by atoms with Crippen LogP contribution in [0.1, 0.15) is 6.92 Å². The van der Waals surface area contributed by atoms with Crippen LogP contribution >= 0.6 is 0 Å². The fourth-order valence-electron chi connectivity index (χ4n) is 8.59. The number of fused-ring (bicyclic) bond motifs is 8. The zero-order chi connectivity index (χ0) is 39.5. The van der Waals surface area contributed by atoms with E-state index in [1.807, 2.05) is 72.8 Å². The van der Waals surface area contributed by atoms with Crippen LogP contribution in [-0.4, -0.2) is 28.9 Å². The quantitative estimate of drug-likeness (QED) is 0.169. The maximum absolute atomic E-state index is 5.16. The molecule has 0 N–H and O–H groups in total. The van der Waals surface area contributed by atoms with E-state index in [9.17, 15) is 0 Å². The summed E-state index contributed by atoms with van der Waals surface area (Å²) < 4.78 is 4.70. The second kappa shape index (κ2) is 13.9. The first-order valence-electron chi connectivity index (χ1n) is 19.8. The summed E-state index contributed by atoms with van der Waals surface area (Å²) in [7, 11) is 0. The molecule has 4 heterocycles. The maximum atomic E-state index is 5.16. The van der Waals surface area contributed by atoms with E-state index in [-0.39, 0.29) is 0 Å². The van der Waals surface area contributed by atoms with E-state index in [2.05, 4.69) is 138 Å². The second-order valence-corrected chi connectivity index (χ2v) is 14.7. The van der Waals surface area contributed by atoms with Crippen molar-refractivity contribution >= 4 is 61.5 Å². The van der Waals surface area contributed by atoms with Crippen LogP contribution < -0.4 is 10.4 Å². The highest BCUT2D eigenvalue weighted by atomic mass is 15.0. The Hall–Kier alpha value is -7.96. The summed E-state index contributed by atoms with van der Waals surface area (Å²) in [5.74, 6) is 1.90. The maximum Gasteiger partial charge on any atom is 0.164 e. The largest absolute Gasteiger partial charge is 0.309 e. The summed E-state index contributed by atoms with van der Waals surface area (Å²) in [4.78, 5) is 20.1. The summed E-state index contributed by atoms with van der Waals surface area (Å²) in [5.41, 5.74) is 12.3. The van der Waals surface area contributed by atoms with Crippen molar-refractivity contribution in [3.63, 3.8) is 0 Å². The first-order valence-corrected chi connectivity index (χ1v) is 19.8. The predicted octanol–water partition coefficient (Wildman–Crippen LogP) is 11.4. The predicted molar refractivity (Wildman–Crippen MR) is 244 cm³/mol. The van der Waals surface area contributed by atoms with Crippen molar-refractivity contribution in [2.75, 3.05) is 0 Å². The average molecular weight is 757 g/mol. The Morgan fingerprint density at radius 1 is 0.441 bits per heavy atom. The molecule has 6 heteroatoms. The Morgan fingerprint density at radius 3 is 1.75 bits per heavy atom. The molecule has 6 nitrogen and oxygen atoms in total. The van der Waals surface area contributed by atoms with E-state index < -0.39 is 0 Å². The second-order valence-electron chi connectivity index (χ2n) is 14.7. The average Bonchev–Trinajstić information content (AvgIpc) is 3.85. The first-order chi connectivity index (χ1) is 29.2. The number of aromatic nitrogens is 6. The number of pyridine rings is 1.